The van der Waals surface area contributed by atoms with E-state index in [0.717, 1.165) is 9.80 Å². The number of rotatable bonds is 3. The number of imide groups is 2. The molecule has 0 atom stereocenters. The number of carbonyl (C=O) groups excluding carboxylic acids is 4. The van der Waals surface area contributed by atoms with Gasteiger partial charge in [-0.1, -0.05) is 23.7 Å². The predicted molar refractivity (Wildman–Crippen MR) is 134 cm³/mol. The van der Waals surface area contributed by atoms with Crippen LogP contribution in [-0.4, -0.2) is 56.1 Å². The number of halogens is 1. The SMILES string of the molecule is Cc1cc2n(c1C(=O)N(Cc1ccc(Cl)cc1)C(=O)OC(C)(C)C)CCN(C(=O)OC(C)(C)C)C2=O. The zero-order valence-corrected chi connectivity index (χ0v) is 22.4. The first-order chi connectivity index (χ1) is 16.6. The lowest BCUT2D eigenvalue weighted by atomic mass is 10.2. The van der Waals surface area contributed by atoms with Crippen molar-refractivity contribution in [2.24, 2.45) is 0 Å². The lowest BCUT2D eigenvalue weighted by Crippen LogP contribution is -2.47. The Kier molecular flexibility index (Phi) is 7.55. The minimum absolute atomic E-state index is 0.0266. The van der Waals surface area contributed by atoms with E-state index in [-0.39, 0.29) is 31.0 Å². The van der Waals surface area contributed by atoms with Gasteiger partial charge in [-0.25, -0.2) is 19.4 Å². The third-order valence-electron chi connectivity index (χ3n) is 5.23. The first-order valence-electron chi connectivity index (χ1n) is 11.6. The molecule has 2 aromatic rings. The van der Waals surface area contributed by atoms with Gasteiger partial charge in [-0.05, 0) is 77.8 Å². The monoisotopic (exact) mass is 517 g/mol. The molecule has 0 aliphatic carbocycles. The fourth-order valence-corrected chi connectivity index (χ4v) is 3.87. The summed E-state index contributed by atoms with van der Waals surface area (Å²) in [7, 11) is 0. The number of benzene rings is 1. The quantitative estimate of drug-likeness (QED) is 0.539. The van der Waals surface area contributed by atoms with Gasteiger partial charge in [0.25, 0.3) is 11.8 Å². The van der Waals surface area contributed by atoms with Gasteiger partial charge in [-0.2, -0.15) is 0 Å². The van der Waals surface area contributed by atoms with E-state index in [4.69, 9.17) is 21.1 Å². The molecule has 9 nitrogen and oxygen atoms in total. The van der Waals surface area contributed by atoms with Crippen molar-refractivity contribution in [1.29, 1.82) is 0 Å². The molecule has 194 valence electrons. The van der Waals surface area contributed by atoms with Crippen LogP contribution in [0.5, 0.6) is 0 Å². The molecule has 1 aromatic heterocycles. The normalized spacial score (nSPS) is 13.8. The van der Waals surface area contributed by atoms with Crippen molar-refractivity contribution in [2.45, 2.75) is 72.8 Å². The van der Waals surface area contributed by atoms with Gasteiger partial charge in [0.2, 0.25) is 0 Å². The number of nitrogens with zero attached hydrogens (tertiary/aromatic N) is 3. The molecule has 0 unspecified atom stereocenters. The van der Waals surface area contributed by atoms with Crippen molar-refractivity contribution in [2.75, 3.05) is 6.54 Å². The summed E-state index contributed by atoms with van der Waals surface area (Å²) in [6, 6.07) is 8.32. The number of carbonyl (C=O) groups is 4. The number of hydrogen-bond acceptors (Lipinski definition) is 6. The summed E-state index contributed by atoms with van der Waals surface area (Å²) in [5.41, 5.74) is -0.0603. The zero-order chi connectivity index (χ0) is 27.0. The largest absolute Gasteiger partial charge is 0.443 e. The van der Waals surface area contributed by atoms with Crippen LogP contribution in [0, 0.1) is 6.92 Å². The molecule has 36 heavy (non-hydrogen) atoms. The second-order valence-electron chi connectivity index (χ2n) is 10.6. The highest BCUT2D eigenvalue weighted by atomic mass is 35.5. The predicted octanol–water partition coefficient (Wildman–Crippen LogP) is 5.42. The van der Waals surface area contributed by atoms with Gasteiger partial charge >= 0.3 is 12.2 Å². The summed E-state index contributed by atoms with van der Waals surface area (Å²) in [5, 5.41) is 0.526. The molecule has 1 aliphatic rings. The number of hydrogen-bond donors (Lipinski definition) is 0. The van der Waals surface area contributed by atoms with E-state index in [1.54, 1.807) is 83.4 Å². The molecule has 0 radical (unpaired) electrons. The summed E-state index contributed by atoms with van der Waals surface area (Å²) in [6.07, 6.45) is -1.56. The average molecular weight is 518 g/mol. The second kappa shape index (κ2) is 9.97. The fraction of sp³-hybridized carbons (Fsp3) is 0.462. The maximum absolute atomic E-state index is 13.8. The Morgan fingerprint density at radius 1 is 0.972 bits per heavy atom. The number of aryl methyl sites for hydroxylation is 1. The lowest BCUT2D eigenvalue weighted by Gasteiger charge is -2.31. The van der Waals surface area contributed by atoms with Crippen LogP contribution in [0.2, 0.25) is 5.02 Å². The van der Waals surface area contributed by atoms with Gasteiger partial charge < -0.3 is 14.0 Å². The Balaban J connectivity index is 1.96. The standard InChI is InChI=1S/C26H32ClN3O6/c1-16-14-19-21(31)29(23(33)35-25(2,3)4)13-12-28(19)20(16)22(32)30(24(34)36-26(5,6)7)15-17-8-10-18(27)11-9-17/h8-11,14H,12-13,15H2,1-7H3. The molecule has 0 saturated carbocycles. The summed E-state index contributed by atoms with van der Waals surface area (Å²) < 4.78 is 12.4. The maximum atomic E-state index is 13.8. The molecule has 3 rings (SSSR count). The molecular formula is C26H32ClN3O6. The first kappa shape index (κ1) is 27.3. The van der Waals surface area contributed by atoms with E-state index in [0.29, 0.717) is 16.1 Å². The third-order valence-corrected chi connectivity index (χ3v) is 5.48. The van der Waals surface area contributed by atoms with Crippen molar-refractivity contribution >= 4 is 35.6 Å². The minimum Gasteiger partial charge on any atom is -0.443 e. The van der Waals surface area contributed by atoms with Crippen LogP contribution >= 0.6 is 11.6 Å². The number of fused-ring (bicyclic) bond motifs is 1. The van der Waals surface area contributed by atoms with Gasteiger partial charge in [0.1, 0.15) is 22.6 Å². The van der Waals surface area contributed by atoms with E-state index in [1.807, 2.05) is 0 Å². The molecule has 0 fully saturated rings. The average Bonchev–Trinajstić information content (AvgIpc) is 3.07. The number of aromatic nitrogens is 1. The van der Waals surface area contributed by atoms with E-state index in [9.17, 15) is 19.2 Å². The lowest BCUT2D eigenvalue weighted by molar-refractivity contribution is 0.0212. The molecule has 1 aromatic carbocycles. The van der Waals surface area contributed by atoms with Gasteiger partial charge in [0.15, 0.2) is 0 Å². The zero-order valence-electron chi connectivity index (χ0n) is 21.7. The van der Waals surface area contributed by atoms with Crippen molar-refractivity contribution < 1.29 is 28.7 Å². The van der Waals surface area contributed by atoms with E-state index < -0.39 is 35.2 Å². The molecule has 10 heteroatoms. The van der Waals surface area contributed by atoms with Gasteiger partial charge in [-0.15, -0.1) is 0 Å². The second-order valence-corrected chi connectivity index (χ2v) is 11.1. The highest BCUT2D eigenvalue weighted by Gasteiger charge is 2.38. The van der Waals surface area contributed by atoms with Crippen LogP contribution in [0.15, 0.2) is 30.3 Å². The van der Waals surface area contributed by atoms with Gasteiger partial charge in [-0.3, -0.25) is 9.59 Å². The van der Waals surface area contributed by atoms with Crippen LogP contribution in [-0.2, 0) is 22.6 Å². The van der Waals surface area contributed by atoms with Crippen LogP contribution in [0.3, 0.4) is 0 Å². The molecule has 1 aliphatic heterocycles. The summed E-state index contributed by atoms with van der Waals surface area (Å²) in [5.74, 6) is -1.18. The molecule has 0 N–H and O–H groups in total. The van der Waals surface area contributed by atoms with Crippen molar-refractivity contribution in [3.8, 4) is 0 Å². The summed E-state index contributed by atoms with van der Waals surface area (Å²) >= 11 is 5.98. The number of amides is 4. The van der Waals surface area contributed by atoms with Crippen LogP contribution in [0.25, 0.3) is 0 Å². The van der Waals surface area contributed by atoms with E-state index >= 15 is 0 Å². The Morgan fingerprint density at radius 2 is 1.56 bits per heavy atom. The summed E-state index contributed by atoms with van der Waals surface area (Å²) in [4.78, 5) is 54.6. The number of ether oxygens (including phenoxy) is 2. The maximum Gasteiger partial charge on any atom is 0.417 e. The smallest absolute Gasteiger partial charge is 0.417 e. The molecule has 0 spiro atoms. The van der Waals surface area contributed by atoms with Crippen LogP contribution in [0.4, 0.5) is 9.59 Å². The first-order valence-corrected chi connectivity index (χ1v) is 12.0. The molecular weight excluding hydrogens is 486 g/mol. The van der Waals surface area contributed by atoms with Crippen molar-refractivity contribution in [3.05, 3.63) is 57.9 Å². The van der Waals surface area contributed by atoms with Gasteiger partial charge in [0.05, 0.1) is 13.1 Å². The van der Waals surface area contributed by atoms with Crippen molar-refractivity contribution in [1.82, 2.24) is 14.4 Å². The van der Waals surface area contributed by atoms with Crippen LogP contribution < -0.4 is 0 Å². The molecule has 2 heterocycles. The molecule has 0 bridgehead atoms. The Labute approximate surface area is 215 Å². The topological polar surface area (TPSA) is 98.2 Å². The highest BCUT2D eigenvalue weighted by Crippen LogP contribution is 2.26. The van der Waals surface area contributed by atoms with Gasteiger partial charge in [0, 0.05) is 11.6 Å². The summed E-state index contributed by atoms with van der Waals surface area (Å²) in [6.45, 7) is 12.1. The molecule has 4 amide bonds. The highest BCUT2D eigenvalue weighted by molar-refractivity contribution is 6.30. The Bertz CT molecular complexity index is 1190. The fourth-order valence-electron chi connectivity index (χ4n) is 3.75. The third kappa shape index (κ3) is 6.26. The Morgan fingerprint density at radius 3 is 2.11 bits per heavy atom. The van der Waals surface area contributed by atoms with Crippen LogP contribution in [0.1, 0.15) is 73.6 Å². The van der Waals surface area contributed by atoms with E-state index in [2.05, 4.69) is 0 Å². The van der Waals surface area contributed by atoms with Crippen molar-refractivity contribution in [3.63, 3.8) is 0 Å². The van der Waals surface area contributed by atoms with E-state index in [1.165, 1.54) is 0 Å². The Hall–Kier alpha value is -3.33. The molecule has 0 saturated heterocycles. The minimum atomic E-state index is -0.826.